The van der Waals surface area contributed by atoms with E-state index in [0.29, 0.717) is 5.17 Å². The molecule has 114 valence electrons. The summed E-state index contributed by atoms with van der Waals surface area (Å²) in [7, 11) is 1.88. The number of para-hydroxylation sites is 1. The van der Waals surface area contributed by atoms with E-state index in [1.807, 2.05) is 95.4 Å². The molecule has 2 rings (SSSR count). The summed E-state index contributed by atoms with van der Waals surface area (Å²) in [5.41, 5.74) is 1.92. The topological polar surface area (TPSA) is 15.6 Å². The van der Waals surface area contributed by atoms with E-state index < -0.39 is 0 Å². The van der Waals surface area contributed by atoms with Gasteiger partial charge in [-0.25, -0.2) is 0 Å². The Bertz CT molecular complexity index is 495. The highest BCUT2D eigenvalue weighted by Crippen LogP contribution is 2.13. The maximum absolute atomic E-state index is 6.16. The average Bonchev–Trinajstić information content (AvgIpc) is 2.60. The highest BCUT2D eigenvalue weighted by molar-refractivity contribution is 6.69. The third-order valence-electron chi connectivity index (χ3n) is 2.38. The molecule has 0 aliphatic heterocycles. The summed E-state index contributed by atoms with van der Waals surface area (Å²) in [6.07, 6.45) is 0. The maximum atomic E-state index is 6.16. The van der Waals surface area contributed by atoms with Crippen molar-refractivity contribution in [2.45, 2.75) is 27.7 Å². The fourth-order valence-corrected chi connectivity index (χ4v) is 1.71. The molecule has 0 amide bonds. The van der Waals surface area contributed by atoms with Crippen LogP contribution in [-0.4, -0.2) is 12.2 Å². The van der Waals surface area contributed by atoms with Gasteiger partial charge in [0, 0.05) is 12.6 Å². The Morgan fingerprint density at radius 3 is 1.71 bits per heavy atom. The molecule has 0 unspecified atom stereocenters. The van der Waals surface area contributed by atoms with E-state index in [2.05, 4.69) is 5.10 Å². The normalized spacial score (nSPS) is 9.71. The lowest BCUT2D eigenvalue weighted by molar-refractivity contribution is 1.02. The van der Waals surface area contributed by atoms with Crippen molar-refractivity contribution in [2.75, 3.05) is 12.1 Å². The van der Waals surface area contributed by atoms with Gasteiger partial charge in [-0.2, -0.15) is 5.10 Å². The molecular weight excluding hydrogens is 280 g/mol. The molecule has 0 spiro atoms. The van der Waals surface area contributed by atoms with Crippen LogP contribution in [0.5, 0.6) is 0 Å². The van der Waals surface area contributed by atoms with E-state index in [1.165, 1.54) is 0 Å². The Labute approximate surface area is 134 Å². The van der Waals surface area contributed by atoms with E-state index in [9.17, 15) is 0 Å². The van der Waals surface area contributed by atoms with Crippen molar-refractivity contribution in [1.29, 1.82) is 0 Å². The van der Waals surface area contributed by atoms with Crippen LogP contribution in [0, 0.1) is 0 Å². The third-order valence-corrected chi connectivity index (χ3v) is 2.67. The maximum Gasteiger partial charge on any atom is 0.156 e. The Morgan fingerprint density at radius 2 is 1.24 bits per heavy atom. The second kappa shape index (κ2) is 12.0. The minimum atomic E-state index is 0.483. The minimum Gasteiger partial charge on any atom is -0.267 e. The van der Waals surface area contributed by atoms with E-state index in [4.69, 9.17) is 11.6 Å². The van der Waals surface area contributed by atoms with Crippen LogP contribution in [0.15, 0.2) is 65.8 Å². The fourth-order valence-electron chi connectivity index (χ4n) is 1.47. The van der Waals surface area contributed by atoms with E-state index in [-0.39, 0.29) is 0 Å². The van der Waals surface area contributed by atoms with E-state index in [1.54, 1.807) is 5.01 Å². The summed E-state index contributed by atoms with van der Waals surface area (Å²) in [6, 6.07) is 19.6. The van der Waals surface area contributed by atoms with Crippen molar-refractivity contribution in [3.8, 4) is 0 Å². The minimum absolute atomic E-state index is 0.483. The SMILES string of the molecule is CC.CC.CN(/N=C(/Cl)c1ccccc1)c1ccccc1. The number of nitrogens with zero attached hydrogens (tertiary/aromatic N) is 2. The Balaban J connectivity index is 0.000000921. The van der Waals surface area contributed by atoms with Crippen LogP contribution in [0.2, 0.25) is 0 Å². The molecule has 21 heavy (non-hydrogen) atoms. The van der Waals surface area contributed by atoms with Gasteiger partial charge < -0.3 is 0 Å². The first-order valence-electron chi connectivity index (χ1n) is 7.35. The molecule has 0 fully saturated rings. The molecule has 0 saturated carbocycles. The number of hydrazone groups is 1. The summed E-state index contributed by atoms with van der Waals surface area (Å²) < 4.78 is 0. The summed E-state index contributed by atoms with van der Waals surface area (Å²) >= 11 is 6.16. The first-order valence-corrected chi connectivity index (χ1v) is 7.73. The van der Waals surface area contributed by atoms with Gasteiger partial charge >= 0.3 is 0 Å². The molecule has 0 aliphatic carbocycles. The molecular formula is C18H25ClN2. The van der Waals surface area contributed by atoms with Gasteiger partial charge in [0.1, 0.15) is 0 Å². The Hall–Kier alpha value is -1.80. The van der Waals surface area contributed by atoms with Gasteiger partial charge in [0.15, 0.2) is 5.17 Å². The van der Waals surface area contributed by atoms with E-state index in [0.717, 1.165) is 11.3 Å². The van der Waals surface area contributed by atoms with Crippen LogP contribution in [0.1, 0.15) is 33.3 Å². The molecule has 0 saturated heterocycles. The zero-order valence-corrected chi connectivity index (χ0v) is 14.3. The number of hydrogen-bond acceptors (Lipinski definition) is 2. The number of hydrogen-bond donors (Lipinski definition) is 0. The van der Waals surface area contributed by atoms with Crippen LogP contribution < -0.4 is 5.01 Å². The van der Waals surface area contributed by atoms with Gasteiger partial charge in [0.2, 0.25) is 0 Å². The molecule has 2 aromatic rings. The van der Waals surface area contributed by atoms with Crippen LogP contribution in [0.25, 0.3) is 0 Å². The van der Waals surface area contributed by atoms with Crippen molar-refractivity contribution in [1.82, 2.24) is 0 Å². The second-order valence-corrected chi connectivity index (χ2v) is 3.97. The van der Waals surface area contributed by atoms with Gasteiger partial charge in [0.25, 0.3) is 0 Å². The van der Waals surface area contributed by atoms with E-state index >= 15 is 0 Å². The van der Waals surface area contributed by atoms with Crippen molar-refractivity contribution in [3.63, 3.8) is 0 Å². The fraction of sp³-hybridized carbons (Fsp3) is 0.278. The Morgan fingerprint density at radius 1 is 0.810 bits per heavy atom. The zero-order chi connectivity index (χ0) is 16.1. The van der Waals surface area contributed by atoms with Crippen LogP contribution in [-0.2, 0) is 0 Å². The number of halogens is 1. The number of rotatable bonds is 3. The van der Waals surface area contributed by atoms with Gasteiger partial charge in [-0.15, -0.1) is 0 Å². The van der Waals surface area contributed by atoms with Crippen LogP contribution in [0.4, 0.5) is 5.69 Å². The highest BCUT2D eigenvalue weighted by Gasteiger charge is 2.02. The van der Waals surface area contributed by atoms with Gasteiger partial charge in [-0.3, -0.25) is 5.01 Å². The second-order valence-electron chi connectivity index (χ2n) is 3.62. The predicted molar refractivity (Wildman–Crippen MR) is 96.4 cm³/mol. The van der Waals surface area contributed by atoms with Crippen molar-refractivity contribution in [3.05, 3.63) is 66.2 Å². The number of benzene rings is 2. The van der Waals surface area contributed by atoms with Crippen molar-refractivity contribution < 1.29 is 0 Å². The van der Waals surface area contributed by atoms with Gasteiger partial charge in [0.05, 0.1) is 5.69 Å². The molecule has 0 bridgehead atoms. The summed E-state index contributed by atoms with van der Waals surface area (Å²) in [6.45, 7) is 8.00. The van der Waals surface area contributed by atoms with Crippen LogP contribution >= 0.6 is 11.6 Å². The molecule has 3 heteroatoms. The van der Waals surface area contributed by atoms with Gasteiger partial charge in [-0.1, -0.05) is 87.8 Å². The lowest BCUT2D eigenvalue weighted by atomic mass is 10.2. The highest BCUT2D eigenvalue weighted by atomic mass is 35.5. The summed E-state index contributed by atoms with van der Waals surface area (Å²) in [5, 5.41) is 6.58. The molecule has 2 nitrogen and oxygen atoms in total. The van der Waals surface area contributed by atoms with Crippen LogP contribution in [0.3, 0.4) is 0 Å². The molecule has 0 atom stereocenters. The first kappa shape index (κ1) is 19.2. The predicted octanol–water partition coefficient (Wildman–Crippen LogP) is 5.78. The first-order chi connectivity index (χ1) is 10.3. The third kappa shape index (κ3) is 6.96. The standard InChI is InChI=1S/C14H13ClN2.2C2H6/c1-17(13-10-6-3-7-11-13)16-14(15)12-8-4-2-5-9-12;2*1-2/h2-11H,1H3;2*1-2H3/b16-14+;;. The number of anilines is 1. The molecule has 0 aliphatic rings. The van der Waals surface area contributed by atoms with Gasteiger partial charge in [-0.05, 0) is 12.1 Å². The average molecular weight is 305 g/mol. The lowest BCUT2D eigenvalue weighted by Gasteiger charge is -2.13. The molecule has 0 N–H and O–H groups in total. The lowest BCUT2D eigenvalue weighted by Crippen LogP contribution is -2.11. The largest absolute Gasteiger partial charge is 0.267 e. The Kier molecular flexibility index (Phi) is 11.0. The quantitative estimate of drug-likeness (QED) is 0.518. The summed E-state index contributed by atoms with van der Waals surface area (Å²) in [5.74, 6) is 0. The molecule has 0 radical (unpaired) electrons. The zero-order valence-electron chi connectivity index (χ0n) is 13.5. The molecule has 2 aromatic carbocycles. The van der Waals surface area contributed by atoms with Crippen molar-refractivity contribution in [2.24, 2.45) is 5.10 Å². The monoisotopic (exact) mass is 304 g/mol. The smallest absolute Gasteiger partial charge is 0.156 e. The molecule has 0 aromatic heterocycles. The van der Waals surface area contributed by atoms with Crippen molar-refractivity contribution >= 4 is 22.5 Å². The molecule has 0 heterocycles. The summed E-state index contributed by atoms with van der Waals surface area (Å²) in [4.78, 5) is 0.